The molecule has 3 nitrogen and oxygen atoms in total. The van der Waals surface area contributed by atoms with E-state index < -0.39 is 11.8 Å². The molecule has 0 N–H and O–H groups in total. The Kier molecular flexibility index (Phi) is 5.02. The molecular formula is C18H13ClFNO2S. The fourth-order valence-electron chi connectivity index (χ4n) is 2.21. The number of benzene rings is 2. The number of pyridine rings is 1. The zero-order valence-electron chi connectivity index (χ0n) is 12.8. The first-order chi connectivity index (χ1) is 11.6. The molecule has 0 saturated carbocycles. The SMILES string of the molecule is CSc1ccc2cc(COC(=O)c3ccc(F)cc3)c(Cl)nc2c1. The van der Waals surface area contributed by atoms with E-state index in [1.807, 2.05) is 30.5 Å². The molecule has 1 heterocycles. The van der Waals surface area contributed by atoms with Crippen LogP contribution >= 0.6 is 23.4 Å². The van der Waals surface area contributed by atoms with Crippen molar-refractivity contribution in [3.05, 3.63) is 70.6 Å². The summed E-state index contributed by atoms with van der Waals surface area (Å²) in [7, 11) is 0. The summed E-state index contributed by atoms with van der Waals surface area (Å²) >= 11 is 7.82. The lowest BCUT2D eigenvalue weighted by Crippen LogP contribution is -2.06. The van der Waals surface area contributed by atoms with Crippen molar-refractivity contribution in [1.29, 1.82) is 0 Å². The predicted octanol–water partition coefficient (Wildman–Crippen LogP) is 5.11. The molecule has 2 aromatic carbocycles. The van der Waals surface area contributed by atoms with Gasteiger partial charge in [-0.3, -0.25) is 0 Å². The molecule has 0 radical (unpaired) electrons. The number of carbonyl (C=O) groups is 1. The van der Waals surface area contributed by atoms with Crippen LogP contribution in [0.25, 0.3) is 10.9 Å². The van der Waals surface area contributed by atoms with Gasteiger partial charge in [0.15, 0.2) is 0 Å². The molecule has 24 heavy (non-hydrogen) atoms. The van der Waals surface area contributed by atoms with Crippen LogP contribution in [0, 0.1) is 5.82 Å². The van der Waals surface area contributed by atoms with Crippen LogP contribution in [0.1, 0.15) is 15.9 Å². The number of hydrogen-bond donors (Lipinski definition) is 0. The summed E-state index contributed by atoms with van der Waals surface area (Å²) in [5, 5.41) is 1.22. The standard InChI is InChI=1S/C18H13ClFNO2S/c1-24-15-7-4-12-8-13(17(19)21-16(12)9-15)10-23-18(22)11-2-5-14(20)6-3-11/h2-9H,10H2,1H3. The first-order valence-electron chi connectivity index (χ1n) is 7.12. The van der Waals surface area contributed by atoms with Gasteiger partial charge in [-0.2, -0.15) is 0 Å². The van der Waals surface area contributed by atoms with Crippen molar-refractivity contribution in [2.24, 2.45) is 0 Å². The van der Waals surface area contributed by atoms with Gasteiger partial charge in [0, 0.05) is 15.8 Å². The third-order valence-corrected chi connectivity index (χ3v) is 4.54. The van der Waals surface area contributed by atoms with Crippen molar-refractivity contribution in [2.75, 3.05) is 6.26 Å². The molecule has 122 valence electrons. The second kappa shape index (κ2) is 7.20. The van der Waals surface area contributed by atoms with Crippen molar-refractivity contribution < 1.29 is 13.9 Å². The summed E-state index contributed by atoms with van der Waals surface area (Å²) in [6.07, 6.45) is 1.99. The van der Waals surface area contributed by atoms with E-state index in [1.54, 1.807) is 11.8 Å². The van der Waals surface area contributed by atoms with Crippen LogP contribution in [-0.4, -0.2) is 17.2 Å². The first-order valence-corrected chi connectivity index (χ1v) is 8.73. The van der Waals surface area contributed by atoms with Crippen LogP contribution in [0.4, 0.5) is 4.39 Å². The van der Waals surface area contributed by atoms with Gasteiger partial charge in [0.25, 0.3) is 0 Å². The van der Waals surface area contributed by atoms with E-state index in [1.165, 1.54) is 24.3 Å². The zero-order valence-corrected chi connectivity index (χ0v) is 14.3. The van der Waals surface area contributed by atoms with E-state index in [4.69, 9.17) is 16.3 Å². The highest BCUT2D eigenvalue weighted by Gasteiger charge is 2.11. The number of halogens is 2. The molecule has 0 unspecified atom stereocenters. The Balaban J connectivity index is 1.78. The van der Waals surface area contributed by atoms with Gasteiger partial charge in [-0.25, -0.2) is 14.2 Å². The largest absolute Gasteiger partial charge is 0.457 e. The highest BCUT2D eigenvalue weighted by Crippen LogP contribution is 2.25. The van der Waals surface area contributed by atoms with E-state index in [2.05, 4.69) is 4.98 Å². The lowest BCUT2D eigenvalue weighted by Gasteiger charge is -2.08. The molecule has 0 bridgehead atoms. The fourth-order valence-corrected chi connectivity index (χ4v) is 2.84. The minimum absolute atomic E-state index is 0.00224. The lowest BCUT2D eigenvalue weighted by molar-refractivity contribution is 0.0472. The van der Waals surface area contributed by atoms with E-state index in [9.17, 15) is 9.18 Å². The van der Waals surface area contributed by atoms with Gasteiger partial charge < -0.3 is 4.74 Å². The number of nitrogens with zero attached hydrogens (tertiary/aromatic N) is 1. The van der Waals surface area contributed by atoms with Gasteiger partial charge in [-0.1, -0.05) is 17.7 Å². The van der Waals surface area contributed by atoms with Crippen molar-refractivity contribution in [3.8, 4) is 0 Å². The Hall–Kier alpha value is -2.11. The molecule has 0 aliphatic heterocycles. The number of esters is 1. The van der Waals surface area contributed by atoms with Crippen LogP contribution < -0.4 is 0 Å². The molecule has 1 aromatic heterocycles. The number of carbonyl (C=O) groups excluding carboxylic acids is 1. The predicted molar refractivity (Wildman–Crippen MR) is 94.1 cm³/mol. The van der Waals surface area contributed by atoms with Gasteiger partial charge in [-0.15, -0.1) is 11.8 Å². The Morgan fingerprint density at radius 1 is 1.21 bits per heavy atom. The highest BCUT2D eigenvalue weighted by molar-refractivity contribution is 7.98. The molecule has 0 atom stereocenters. The topological polar surface area (TPSA) is 39.2 Å². The van der Waals surface area contributed by atoms with Crippen LogP contribution in [0.5, 0.6) is 0 Å². The monoisotopic (exact) mass is 361 g/mol. The zero-order chi connectivity index (χ0) is 17.1. The highest BCUT2D eigenvalue weighted by atomic mass is 35.5. The van der Waals surface area contributed by atoms with Gasteiger partial charge >= 0.3 is 5.97 Å². The molecule has 0 aliphatic rings. The molecule has 6 heteroatoms. The molecule has 0 spiro atoms. The summed E-state index contributed by atoms with van der Waals surface area (Å²) in [4.78, 5) is 17.4. The Bertz CT molecular complexity index is 899. The van der Waals surface area contributed by atoms with Crippen LogP contribution in [0.3, 0.4) is 0 Å². The summed E-state index contributed by atoms with van der Waals surface area (Å²) < 4.78 is 18.1. The Morgan fingerprint density at radius 3 is 2.67 bits per heavy atom. The third kappa shape index (κ3) is 3.68. The molecule has 0 fully saturated rings. The average Bonchev–Trinajstić information content (AvgIpc) is 2.59. The summed E-state index contributed by atoms with van der Waals surface area (Å²) in [5.74, 6) is -0.943. The first kappa shape index (κ1) is 16.7. The molecule has 0 amide bonds. The van der Waals surface area contributed by atoms with Crippen LogP contribution in [0.15, 0.2) is 53.4 Å². The lowest BCUT2D eigenvalue weighted by atomic mass is 10.1. The number of thioether (sulfide) groups is 1. The van der Waals surface area contributed by atoms with Gasteiger partial charge in [0.2, 0.25) is 0 Å². The van der Waals surface area contributed by atoms with E-state index >= 15 is 0 Å². The van der Waals surface area contributed by atoms with E-state index in [0.717, 1.165) is 15.8 Å². The van der Waals surface area contributed by atoms with Crippen molar-refractivity contribution in [3.63, 3.8) is 0 Å². The summed E-state index contributed by atoms with van der Waals surface area (Å²) in [6.45, 7) is 0.00224. The van der Waals surface area contributed by atoms with Crippen molar-refractivity contribution >= 4 is 40.2 Å². The maximum absolute atomic E-state index is 12.9. The fraction of sp³-hybridized carbons (Fsp3) is 0.111. The Morgan fingerprint density at radius 2 is 1.96 bits per heavy atom. The summed E-state index contributed by atoms with van der Waals surface area (Å²) in [5.41, 5.74) is 1.70. The van der Waals surface area contributed by atoms with E-state index in [-0.39, 0.29) is 12.2 Å². The van der Waals surface area contributed by atoms with Crippen LogP contribution in [-0.2, 0) is 11.3 Å². The quantitative estimate of drug-likeness (QED) is 0.368. The van der Waals surface area contributed by atoms with Gasteiger partial charge in [0.05, 0.1) is 11.1 Å². The minimum atomic E-state index is -0.538. The molecule has 0 saturated heterocycles. The number of fused-ring (bicyclic) bond motifs is 1. The second-order valence-electron chi connectivity index (χ2n) is 5.08. The minimum Gasteiger partial charge on any atom is -0.457 e. The van der Waals surface area contributed by atoms with Crippen molar-refractivity contribution in [1.82, 2.24) is 4.98 Å². The average molecular weight is 362 g/mol. The van der Waals surface area contributed by atoms with Crippen molar-refractivity contribution in [2.45, 2.75) is 11.5 Å². The maximum Gasteiger partial charge on any atom is 0.338 e. The summed E-state index contributed by atoms with van der Waals surface area (Å²) in [6, 6.07) is 12.9. The number of ether oxygens (including phenoxy) is 1. The number of rotatable bonds is 4. The van der Waals surface area contributed by atoms with Gasteiger partial charge in [0.1, 0.15) is 17.6 Å². The molecule has 0 aliphatic carbocycles. The smallest absolute Gasteiger partial charge is 0.338 e. The molecule has 3 aromatic rings. The molecule has 3 rings (SSSR count). The van der Waals surface area contributed by atoms with Crippen LogP contribution in [0.2, 0.25) is 5.15 Å². The Labute approximate surface area is 147 Å². The van der Waals surface area contributed by atoms with Gasteiger partial charge in [-0.05, 0) is 48.7 Å². The normalized spacial score (nSPS) is 10.8. The van der Waals surface area contributed by atoms with E-state index in [0.29, 0.717) is 10.7 Å². The number of hydrogen-bond acceptors (Lipinski definition) is 4. The third-order valence-electron chi connectivity index (χ3n) is 3.49. The maximum atomic E-state index is 12.9. The molecular weight excluding hydrogens is 349 g/mol. The number of aromatic nitrogens is 1. The second-order valence-corrected chi connectivity index (χ2v) is 6.32.